The van der Waals surface area contributed by atoms with Crippen LogP contribution in [0.25, 0.3) is 0 Å². The van der Waals surface area contributed by atoms with Crippen molar-refractivity contribution in [2.45, 2.75) is 40.2 Å². The minimum Gasteiger partial charge on any atom is -0.488 e. The van der Waals surface area contributed by atoms with Crippen LogP contribution in [0.3, 0.4) is 0 Å². The topological polar surface area (TPSA) is 44.8 Å². The predicted octanol–water partition coefficient (Wildman–Crippen LogP) is 4.84. The molecule has 0 radical (unpaired) electrons. The first-order valence-electron chi connectivity index (χ1n) is 8.17. The molecule has 2 rings (SSSR count). The molecule has 128 valence electrons. The number of aryl methyl sites for hydroxylation is 3. The molecule has 0 saturated carbocycles. The molecule has 2 aromatic carbocycles. The third kappa shape index (κ3) is 4.28. The van der Waals surface area contributed by atoms with Crippen molar-refractivity contribution in [3.05, 3.63) is 58.7 Å². The number of hydrogen-bond donors (Lipinski definition) is 0. The van der Waals surface area contributed by atoms with Gasteiger partial charge in [-0.1, -0.05) is 38.1 Å². The Morgan fingerprint density at radius 2 is 1.67 bits per heavy atom. The predicted molar refractivity (Wildman–Crippen MR) is 93.7 cm³/mol. The molecule has 24 heavy (non-hydrogen) atoms. The summed E-state index contributed by atoms with van der Waals surface area (Å²) < 4.78 is 15.7. The van der Waals surface area contributed by atoms with Crippen LogP contribution in [-0.4, -0.2) is 13.3 Å². The van der Waals surface area contributed by atoms with Crippen molar-refractivity contribution in [3.63, 3.8) is 0 Å². The number of rotatable bonds is 6. The van der Waals surface area contributed by atoms with Gasteiger partial charge in [0, 0.05) is 5.56 Å². The van der Waals surface area contributed by atoms with Crippen LogP contribution < -0.4 is 9.47 Å². The summed E-state index contributed by atoms with van der Waals surface area (Å²) in [5.74, 6) is 1.32. The lowest BCUT2D eigenvalue weighted by Gasteiger charge is -2.15. The molecule has 0 aliphatic carbocycles. The van der Waals surface area contributed by atoms with Crippen molar-refractivity contribution >= 4 is 6.16 Å². The van der Waals surface area contributed by atoms with Crippen LogP contribution in [0.4, 0.5) is 4.79 Å². The summed E-state index contributed by atoms with van der Waals surface area (Å²) >= 11 is 0. The van der Waals surface area contributed by atoms with Gasteiger partial charge in [-0.25, -0.2) is 4.79 Å². The van der Waals surface area contributed by atoms with Gasteiger partial charge in [0.25, 0.3) is 0 Å². The van der Waals surface area contributed by atoms with Gasteiger partial charge in [-0.05, 0) is 48.6 Å². The van der Waals surface area contributed by atoms with Gasteiger partial charge in [-0.3, -0.25) is 0 Å². The minimum absolute atomic E-state index is 0.324. The van der Waals surface area contributed by atoms with Crippen LogP contribution >= 0.6 is 0 Å². The summed E-state index contributed by atoms with van der Waals surface area (Å²) in [6, 6.07) is 11.6. The quantitative estimate of drug-likeness (QED) is 0.562. The highest BCUT2D eigenvalue weighted by Gasteiger charge is 2.11. The van der Waals surface area contributed by atoms with Crippen molar-refractivity contribution in [2.24, 2.45) is 0 Å². The van der Waals surface area contributed by atoms with Crippen molar-refractivity contribution in [1.82, 2.24) is 0 Å². The Kier molecular flexibility index (Phi) is 6.24. The molecule has 0 unspecified atom stereocenters. The summed E-state index contributed by atoms with van der Waals surface area (Å²) in [7, 11) is 1.28. The minimum atomic E-state index is -0.736. The smallest absolute Gasteiger partial charge is 0.488 e. The Balaban J connectivity index is 2.19. The number of benzene rings is 2. The maximum Gasteiger partial charge on any atom is 0.513 e. The number of carbonyl (C=O) groups excluding carboxylic acids is 1. The molecule has 0 saturated heterocycles. The van der Waals surface area contributed by atoms with Gasteiger partial charge in [0.15, 0.2) is 0 Å². The average molecular weight is 328 g/mol. The van der Waals surface area contributed by atoms with Gasteiger partial charge in [0.1, 0.15) is 18.1 Å². The summed E-state index contributed by atoms with van der Waals surface area (Å²) in [6.07, 6.45) is 1.18. The maximum absolute atomic E-state index is 11.3. The van der Waals surface area contributed by atoms with E-state index >= 15 is 0 Å². The molecule has 0 spiro atoms. The van der Waals surface area contributed by atoms with E-state index in [1.165, 1.54) is 23.8 Å². The molecule has 0 fully saturated rings. The second-order valence-electron chi connectivity index (χ2n) is 5.55. The highest BCUT2D eigenvalue weighted by Crippen LogP contribution is 2.27. The SMILES string of the molecule is CCc1cc(CC)c(OCc2ccccc2OC(=O)OC)cc1C. The van der Waals surface area contributed by atoms with Crippen molar-refractivity contribution in [2.75, 3.05) is 7.11 Å². The molecule has 4 nitrogen and oxygen atoms in total. The number of hydrogen-bond acceptors (Lipinski definition) is 4. The molecule has 0 N–H and O–H groups in total. The monoisotopic (exact) mass is 328 g/mol. The number of para-hydroxylation sites is 1. The van der Waals surface area contributed by atoms with E-state index in [1.54, 1.807) is 12.1 Å². The average Bonchev–Trinajstić information content (AvgIpc) is 2.60. The highest BCUT2D eigenvalue weighted by molar-refractivity contribution is 5.64. The molecular formula is C20H24O4. The van der Waals surface area contributed by atoms with E-state index in [0.717, 1.165) is 24.2 Å². The van der Waals surface area contributed by atoms with Crippen LogP contribution in [0.2, 0.25) is 0 Å². The molecule has 4 heteroatoms. The Morgan fingerprint density at radius 1 is 0.958 bits per heavy atom. The van der Waals surface area contributed by atoms with Crippen molar-refractivity contribution in [1.29, 1.82) is 0 Å². The maximum atomic E-state index is 11.3. The molecule has 0 amide bonds. The molecule has 2 aromatic rings. The fourth-order valence-electron chi connectivity index (χ4n) is 2.58. The first kappa shape index (κ1) is 17.9. The fraction of sp³-hybridized carbons (Fsp3) is 0.350. The molecule has 0 aromatic heterocycles. The van der Waals surface area contributed by atoms with Gasteiger partial charge >= 0.3 is 6.16 Å². The standard InChI is InChI=1S/C20H24O4/c1-5-15-12-16(6-2)19(11-14(15)3)23-13-17-9-7-8-10-18(17)24-20(21)22-4/h7-12H,5-6,13H2,1-4H3. The van der Waals surface area contributed by atoms with E-state index in [0.29, 0.717) is 12.4 Å². The lowest BCUT2D eigenvalue weighted by molar-refractivity contribution is 0.120. The Labute approximate surface area is 143 Å². The number of ether oxygens (including phenoxy) is 3. The van der Waals surface area contributed by atoms with Gasteiger partial charge < -0.3 is 14.2 Å². The largest absolute Gasteiger partial charge is 0.513 e. The Morgan fingerprint density at radius 3 is 2.33 bits per heavy atom. The van der Waals surface area contributed by atoms with Crippen LogP contribution in [0.5, 0.6) is 11.5 Å². The summed E-state index contributed by atoms with van der Waals surface area (Å²) in [5, 5.41) is 0. The molecule has 0 aliphatic rings. The third-order valence-electron chi connectivity index (χ3n) is 4.00. The van der Waals surface area contributed by atoms with E-state index in [2.05, 4.69) is 37.6 Å². The molecule has 0 aliphatic heterocycles. The lowest BCUT2D eigenvalue weighted by Crippen LogP contribution is -2.10. The van der Waals surface area contributed by atoms with E-state index < -0.39 is 6.16 Å². The first-order chi connectivity index (χ1) is 11.6. The molecule has 0 bridgehead atoms. The first-order valence-corrected chi connectivity index (χ1v) is 8.17. The molecule has 0 atom stereocenters. The van der Waals surface area contributed by atoms with Crippen molar-refractivity contribution < 1.29 is 19.0 Å². The normalized spacial score (nSPS) is 10.3. The zero-order chi connectivity index (χ0) is 17.5. The van der Waals surface area contributed by atoms with Gasteiger partial charge in [0.05, 0.1) is 7.11 Å². The van der Waals surface area contributed by atoms with Crippen LogP contribution in [0.1, 0.15) is 36.1 Å². The Hall–Kier alpha value is -2.49. The fourth-order valence-corrected chi connectivity index (χ4v) is 2.58. The van der Waals surface area contributed by atoms with Crippen LogP contribution in [0, 0.1) is 6.92 Å². The summed E-state index contributed by atoms with van der Waals surface area (Å²) in [4.78, 5) is 11.3. The Bertz CT molecular complexity index is 707. The lowest BCUT2D eigenvalue weighted by atomic mass is 10.0. The van der Waals surface area contributed by atoms with E-state index in [-0.39, 0.29) is 0 Å². The number of methoxy groups -OCH3 is 1. The van der Waals surface area contributed by atoms with Crippen LogP contribution in [0.15, 0.2) is 36.4 Å². The zero-order valence-corrected chi connectivity index (χ0v) is 14.7. The third-order valence-corrected chi connectivity index (χ3v) is 4.00. The summed E-state index contributed by atoms with van der Waals surface area (Å²) in [5.41, 5.74) is 4.54. The summed E-state index contributed by atoms with van der Waals surface area (Å²) in [6.45, 7) is 6.69. The van der Waals surface area contributed by atoms with Crippen LogP contribution in [-0.2, 0) is 24.2 Å². The van der Waals surface area contributed by atoms with E-state index in [9.17, 15) is 4.79 Å². The second-order valence-corrected chi connectivity index (χ2v) is 5.55. The zero-order valence-electron chi connectivity index (χ0n) is 14.7. The van der Waals surface area contributed by atoms with Crippen molar-refractivity contribution in [3.8, 4) is 11.5 Å². The van der Waals surface area contributed by atoms with Gasteiger partial charge in [0.2, 0.25) is 0 Å². The molecular weight excluding hydrogens is 304 g/mol. The van der Waals surface area contributed by atoms with E-state index in [4.69, 9.17) is 9.47 Å². The van der Waals surface area contributed by atoms with E-state index in [1.807, 2.05) is 12.1 Å². The highest BCUT2D eigenvalue weighted by atomic mass is 16.7. The number of carbonyl (C=O) groups is 1. The van der Waals surface area contributed by atoms with Gasteiger partial charge in [-0.2, -0.15) is 0 Å². The van der Waals surface area contributed by atoms with Gasteiger partial charge in [-0.15, -0.1) is 0 Å². The second kappa shape index (κ2) is 8.39. The molecule has 0 heterocycles.